The molecule has 142 heavy (non-hydrogen) atoms. The summed E-state index contributed by atoms with van der Waals surface area (Å²) in [4.78, 5) is 137. The summed E-state index contributed by atoms with van der Waals surface area (Å²) >= 11 is 0. The van der Waals surface area contributed by atoms with E-state index >= 15 is 0 Å². The summed E-state index contributed by atoms with van der Waals surface area (Å²) in [7, 11) is -3.27. The Morgan fingerprint density at radius 2 is 1.10 bits per heavy atom. The highest BCUT2D eigenvalue weighted by Crippen LogP contribution is 2.54. The van der Waals surface area contributed by atoms with Gasteiger partial charge in [0, 0.05) is 135 Å². The molecule has 6 unspecified atom stereocenters. The highest BCUT2D eigenvalue weighted by molar-refractivity contribution is 7.48. The van der Waals surface area contributed by atoms with Crippen LogP contribution in [-0.4, -0.2) is 230 Å². The number of nitriles is 2. The molecule has 6 aromatic carbocycles. The number of hydrogen-bond acceptors (Lipinski definition) is 38. The lowest BCUT2D eigenvalue weighted by Gasteiger charge is -2.23. The van der Waals surface area contributed by atoms with Gasteiger partial charge in [0.05, 0.1) is 171 Å². The van der Waals surface area contributed by atoms with Crippen molar-refractivity contribution < 1.29 is 116 Å². The first-order chi connectivity index (χ1) is 70.6. The zero-order chi connectivity index (χ0) is 107. The number of benzene rings is 6. The van der Waals surface area contributed by atoms with Gasteiger partial charge in [-0.05, 0) is 133 Å². The van der Waals surface area contributed by atoms with Crippen molar-refractivity contribution >= 4 is 136 Å². The number of nitro benzene ring substituents is 2. The number of nitrogens with one attached hydrogen (secondary N) is 5. The van der Waals surface area contributed by atoms with Crippen LogP contribution in [0.25, 0.3) is 27.6 Å². The summed E-state index contributed by atoms with van der Waals surface area (Å²) in [6, 6.07) is 38.8. The van der Waals surface area contributed by atoms with Crippen LogP contribution in [0.4, 0.5) is 45.5 Å². The molecule has 0 radical (unpaired) electrons. The normalized spacial score (nSPS) is 14.8. The SMILES string of the molecule is [2H]OCC(COCCCNC(=O)CCC/C(C)=N/OCCN(CC)c1ccc(N=Nc2ccc([N+](=O)[O-])c3ccccc23)cc1)OP(=O)(OCCC#N)OCCCOC(=O)CCC(=O)NC.[2H]OCC1OC(n2cc(/C=C/CNC(=O)CCC/C(C)=N/OCCN(CC)c3ccc(N=Nc4ccc([N+](=O)[O-])c5ccccc45)cc3)c(=O)[nH]c2=O)CC1OP(=O)(OCCC#N)OCCCOC(=O)CCC(=O)NC.[3H]C.[3H]C. The van der Waals surface area contributed by atoms with Gasteiger partial charge < -0.3 is 69.9 Å². The van der Waals surface area contributed by atoms with E-state index in [9.17, 15) is 67.7 Å². The van der Waals surface area contributed by atoms with Gasteiger partial charge >= 0.3 is 33.3 Å². The standard InChI is InChI=1S/C49H61N10O15P.C43H59N8O13P.2CH4/c1-4-57(37-18-16-36(17-19-37)54-55-40-20-21-41(59(66)67)39-14-6-5-13-38(39)40)26-30-70-56-34(2)11-7-15-45(62)52-25-8-12-35-32-58(49(65)53-48(35)64)46-31-42(43(33-60)73-46)74-75(68,71-28-9-24-50)72-29-10-27-69-47(63)23-22-44(61)51-3;1-4-50(35-17-15-34(16-18-35)47-48-39-19-20-40(51(56)57)38-13-6-5-12-37(38)39)25-30-61-49-33(2)11-7-14-42(54)46-24-9-26-59-32-36(31-52)64-65(58,62-28-8-23-44)63-29-10-27-60-43(55)22-21-41(53)45-3;;/h5-6,8,12-14,16-21,32,42-43,46,60H,4,7,9-11,15,22-23,25-31,33H2,1-3H3,(H,51,61)(H,52,62)(H,53,64,65);5-6,12-13,15-20,36,52H,4,7-11,14,21-22,24-32H2,1-3H3,(H,45,53)(H,46,54);2*1H4/b12-8+,55-54?,56-34+;48-47?,49-33+;;/i60D;52D;2*1T. The van der Waals surface area contributed by atoms with Crippen molar-refractivity contribution in [2.45, 2.75) is 170 Å². The number of amides is 4. The van der Waals surface area contributed by atoms with E-state index in [-0.39, 0.29) is 177 Å². The number of non-ortho nitro benzene ring substituents is 2. The molecule has 772 valence electrons. The first kappa shape index (κ1) is 112. The van der Waals surface area contributed by atoms with E-state index in [0.717, 1.165) is 28.2 Å². The number of ether oxygens (including phenoxy) is 4. The van der Waals surface area contributed by atoms with Crippen LogP contribution in [0.3, 0.4) is 0 Å². The Morgan fingerprint density at radius 3 is 1.58 bits per heavy atom. The van der Waals surface area contributed by atoms with Crippen molar-refractivity contribution in [2.24, 2.45) is 30.8 Å². The van der Waals surface area contributed by atoms with Crippen molar-refractivity contribution in [2.75, 3.05) is 142 Å². The third-order valence-electron chi connectivity index (χ3n) is 20.5. The first-order valence-electron chi connectivity index (χ1n) is 48.1. The van der Waals surface area contributed by atoms with Crippen LogP contribution >= 0.6 is 15.6 Å². The fourth-order valence-corrected chi connectivity index (χ4v) is 16.0. The number of aliphatic hydroxyl groups is 2. The lowest BCUT2D eigenvalue weighted by atomic mass is 10.1. The number of nitrogens with zero attached hydrogens (tertiary/aromatic N) is 13. The van der Waals surface area contributed by atoms with E-state index in [0.29, 0.717) is 122 Å². The maximum Gasteiger partial charge on any atom is 0.475 e. The molecule has 0 bridgehead atoms. The quantitative estimate of drug-likeness (QED) is 0.00354. The summed E-state index contributed by atoms with van der Waals surface area (Å²) in [5, 5.41) is 88.2. The Morgan fingerprint density at radius 1 is 0.613 bits per heavy atom. The Balaban J connectivity index is 0.000000502. The third kappa shape index (κ3) is 42.6. The van der Waals surface area contributed by atoms with E-state index in [1.807, 2.05) is 88.4 Å². The number of hydrogen-bond donors (Lipinski definition) is 7. The predicted molar refractivity (Wildman–Crippen MR) is 529 cm³/mol. The molecule has 1 aromatic heterocycles. The second kappa shape index (κ2) is 65.6. The number of phosphoric ester groups is 2. The van der Waals surface area contributed by atoms with Gasteiger partial charge in [0.2, 0.25) is 26.5 Å². The molecule has 8 rings (SSSR count). The highest BCUT2D eigenvalue weighted by atomic mass is 31.2. The molecule has 0 saturated carbocycles. The fraction of sp³-hybridized carbons (Fsp3) is 0.489. The molecular weight excluding hydrogens is 1890 g/mol. The molecular formula is C94H128N18O28P2. The van der Waals surface area contributed by atoms with Crippen LogP contribution in [-0.2, 0) is 93.7 Å². The van der Waals surface area contributed by atoms with E-state index in [1.54, 1.807) is 60.7 Å². The number of aromatic nitrogens is 2. The molecule has 2 heterocycles. The highest BCUT2D eigenvalue weighted by Gasteiger charge is 2.43. The van der Waals surface area contributed by atoms with Crippen molar-refractivity contribution in [1.82, 2.24) is 30.8 Å². The molecule has 48 heteroatoms. The average molecular weight is 2030 g/mol. The number of aliphatic hydroxyl groups excluding tert-OH is 2. The molecule has 1 aliphatic heterocycles. The molecule has 0 spiro atoms. The number of phosphoric acid groups is 2. The smallest absolute Gasteiger partial charge is 0.466 e. The van der Waals surface area contributed by atoms with Crippen LogP contribution in [0.1, 0.15) is 160 Å². The van der Waals surface area contributed by atoms with E-state index in [2.05, 4.69) is 77.0 Å². The van der Waals surface area contributed by atoms with Gasteiger partial charge in [-0.25, -0.2) is 13.9 Å². The van der Waals surface area contributed by atoms with Gasteiger partial charge in [-0.3, -0.25) is 90.5 Å². The number of aromatic amines is 1. The number of esters is 2. The largest absolute Gasteiger partial charge is 0.475 e. The Bertz CT molecular complexity index is 5740. The molecule has 4 amide bonds. The number of likely N-dealkylation sites (N-methyl/N-ethyl adjacent to an activating group) is 2. The minimum Gasteiger partial charge on any atom is -0.466 e. The van der Waals surface area contributed by atoms with Gasteiger partial charge in [-0.2, -0.15) is 20.8 Å². The lowest BCUT2D eigenvalue weighted by molar-refractivity contribution is -0.383. The van der Waals surface area contributed by atoms with E-state index in [1.165, 1.54) is 59.4 Å². The van der Waals surface area contributed by atoms with Crippen LogP contribution in [0.15, 0.2) is 174 Å². The van der Waals surface area contributed by atoms with Crippen LogP contribution in [0, 0.1) is 42.9 Å². The summed E-state index contributed by atoms with van der Waals surface area (Å²) < 4.78 is 108. The van der Waals surface area contributed by atoms with Gasteiger partial charge in [-0.1, -0.05) is 73.7 Å². The second-order valence-electron chi connectivity index (χ2n) is 30.8. The minimum absolute atomic E-state index is 0.00357. The average Bonchev–Trinajstić information content (AvgIpc) is 1.03. The minimum atomic E-state index is -4.43. The zero-order valence-corrected chi connectivity index (χ0v) is 82.6. The molecule has 1 fully saturated rings. The number of fused-ring (bicyclic) bond motifs is 2. The van der Waals surface area contributed by atoms with Crippen molar-refractivity contribution in [3.8, 4) is 12.1 Å². The lowest BCUT2D eigenvalue weighted by Crippen LogP contribution is -2.33. The number of H-pyrrole nitrogens is 1. The molecule has 7 N–H and O–H groups in total. The molecule has 46 nitrogen and oxygen atoms in total. The zero-order valence-electron chi connectivity index (χ0n) is 84.8. The van der Waals surface area contributed by atoms with Crippen LogP contribution in [0.2, 0.25) is 0 Å². The van der Waals surface area contributed by atoms with Gasteiger partial charge in [0.25, 0.3) is 16.9 Å². The molecule has 7 aromatic rings. The number of carbonyl (C=O) groups excluding carboxylic acids is 6. The number of anilines is 2. The summed E-state index contributed by atoms with van der Waals surface area (Å²) in [6.45, 7) is 9.42. The second-order valence-corrected chi connectivity index (χ2v) is 34.0. The Kier molecular flexibility index (Phi) is 51.9. The summed E-state index contributed by atoms with van der Waals surface area (Å²) in [6.07, 6.45) is 2.42. The van der Waals surface area contributed by atoms with E-state index < -0.39 is 79.8 Å². The maximum atomic E-state index is 13.7. The number of nitro groups is 2. The molecule has 6 atom stereocenters. The van der Waals surface area contributed by atoms with Crippen molar-refractivity contribution in [3.05, 3.63) is 180 Å². The molecule has 0 aliphatic carbocycles. The monoisotopic (exact) mass is 2020 g/mol. The predicted octanol–water partition coefficient (Wildman–Crippen LogP) is 14.7. The molecule has 1 aliphatic rings. The van der Waals surface area contributed by atoms with Crippen molar-refractivity contribution in [3.63, 3.8) is 0 Å². The Labute approximate surface area is 828 Å². The van der Waals surface area contributed by atoms with Crippen LogP contribution in [0.5, 0.6) is 0 Å². The Hall–Kier alpha value is -13.3. The number of azo groups is 2. The summed E-state index contributed by atoms with van der Waals surface area (Å²) in [5.41, 5.74) is 4.17. The van der Waals surface area contributed by atoms with Gasteiger partial charge in [0.15, 0.2) is 0 Å². The van der Waals surface area contributed by atoms with Crippen LogP contribution < -0.4 is 42.3 Å². The summed E-state index contributed by atoms with van der Waals surface area (Å²) in [5.74, 6) is -2.20. The van der Waals surface area contributed by atoms with Gasteiger partial charge in [0.1, 0.15) is 37.8 Å². The number of rotatable bonds is 66. The molecule has 1 saturated heterocycles. The number of carbonyl (C=O) groups is 6. The maximum absolute atomic E-state index is 13.7. The number of oxime groups is 2. The van der Waals surface area contributed by atoms with Gasteiger partial charge in [-0.15, -0.1) is 10.2 Å². The third-order valence-corrected chi connectivity index (χ3v) is 23.6. The topological polar surface area (TPSA) is 605 Å². The first-order valence-corrected chi connectivity index (χ1v) is 48.2. The van der Waals surface area contributed by atoms with Crippen molar-refractivity contribution in [1.29, 1.82) is 13.4 Å². The fourth-order valence-electron chi connectivity index (χ4n) is 13.2. The van der Waals surface area contributed by atoms with E-state index in [4.69, 9.17) is 71.9 Å².